The van der Waals surface area contributed by atoms with Crippen molar-refractivity contribution < 1.29 is 19.1 Å². The molecule has 0 atom stereocenters. The fourth-order valence-corrected chi connectivity index (χ4v) is 3.58. The van der Waals surface area contributed by atoms with Crippen LogP contribution >= 0.6 is 23.2 Å². The number of hydrogen-bond donors (Lipinski definition) is 3. The molecular formula is C22H24Cl2N4O4. The normalized spacial score (nSPS) is 13.9. The molecule has 0 bridgehead atoms. The highest BCUT2D eigenvalue weighted by Crippen LogP contribution is 2.20. The summed E-state index contributed by atoms with van der Waals surface area (Å²) in [5, 5.41) is 8.23. The van der Waals surface area contributed by atoms with Crippen LogP contribution in [-0.4, -0.2) is 62.0 Å². The standard InChI is InChI=1S/C22H24Cl2N4O4/c23-16-3-6-18(19(24)11-16)22(31)26-12-20(29)25-13-21(30)27-17-4-1-15(2-5-17)14-28-7-9-32-10-8-28/h1-6,11H,7-10,12-14H2,(H,25,29)(H,26,31)(H,27,30). The molecule has 0 unspecified atom stereocenters. The van der Waals surface area contributed by atoms with Gasteiger partial charge in [0.05, 0.1) is 36.9 Å². The van der Waals surface area contributed by atoms with Gasteiger partial charge in [-0.05, 0) is 35.9 Å². The van der Waals surface area contributed by atoms with E-state index in [2.05, 4.69) is 20.9 Å². The second-order valence-corrected chi connectivity index (χ2v) is 8.06. The average Bonchev–Trinajstić information content (AvgIpc) is 2.78. The number of morpholine rings is 1. The molecule has 170 valence electrons. The highest BCUT2D eigenvalue weighted by Gasteiger charge is 2.13. The van der Waals surface area contributed by atoms with Gasteiger partial charge < -0.3 is 20.7 Å². The third-order valence-electron chi connectivity index (χ3n) is 4.78. The summed E-state index contributed by atoms with van der Waals surface area (Å²) in [7, 11) is 0. The Morgan fingerprint density at radius 3 is 2.28 bits per heavy atom. The van der Waals surface area contributed by atoms with Crippen LogP contribution in [0.1, 0.15) is 15.9 Å². The monoisotopic (exact) mass is 478 g/mol. The van der Waals surface area contributed by atoms with Crippen molar-refractivity contribution in [2.24, 2.45) is 0 Å². The average molecular weight is 479 g/mol. The third kappa shape index (κ3) is 7.49. The molecule has 8 nitrogen and oxygen atoms in total. The van der Waals surface area contributed by atoms with E-state index in [1.54, 1.807) is 0 Å². The molecule has 1 saturated heterocycles. The number of carbonyl (C=O) groups excluding carboxylic acids is 3. The molecule has 2 aromatic rings. The number of hydrogen-bond acceptors (Lipinski definition) is 5. The summed E-state index contributed by atoms with van der Waals surface area (Å²) in [5.41, 5.74) is 1.99. The van der Waals surface area contributed by atoms with E-state index in [-0.39, 0.29) is 29.6 Å². The van der Waals surface area contributed by atoms with Gasteiger partial charge in [-0.2, -0.15) is 0 Å². The molecule has 32 heavy (non-hydrogen) atoms. The maximum Gasteiger partial charge on any atom is 0.253 e. The molecule has 1 fully saturated rings. The molecule has 0 aliphatic carbocycles. The predicted octanol–water partition coefficient (Wildman–Crippen LogP) is 2.31. The van der Waals surface area contributed by atoms with Crippen molar-refractivity contribution >= 4 is 46.6 Å². The van der Waals surface area contributed by atoms with Gasteiger partial charge in [-0.3, -0.25) is 19.3 Å². The topological polar surface area (TPSA) is 99.8 Å². The van der Waals surface area contributed by atoms with E-state index in [9.17, 15) is 14.4 Å². The molecule has 0 radical (unpaired) electrons. The van der Waals surface area contributed by atoms with Gasteiger partial charge in [0.2, 0.25) is 11.8 Å². The smallest absolute Gasteiger partial charge is 0.253 e. The number of anilines is 1. The first-order valence-corrected chi connectivity index (χ1v) is 10.8. The predicted molar refractivity (Wildman–Crippen MR) is 123 cm³/mol. The number of ether oxygens (including phenoxy) is 1. The van der Waals surface area contributed by atoms with E-state index in [0.717, 1.165) is 38.4 Å². The highest BCUT2D eigenvalue weighted by atomic mass is 35.5. The molecule has 1 heterocycles. The Hall–Kier alpha value is -2.65. The molecule has 3 N–H and O–H groups in total. The van der Waals surface area contributed by atoms with Crippen molar-refractivity contribution in [2.45, 2.75) is 6.54 Å². The van der Waals surface area contributed by atoms with Crippen LogP contribution in [0.15, 0.2) is 42.5 Å². The molecule has 2 aromatic carbocycles. The Bertz CT molecular complexity index is 963. The number of nitrogens with zero attached hydrogens (tertiary/aromatic N) is 1. The summed E-state index contributed by atoms with van der Waals surface area (Å²) in [6.07, 6.45) is 0. The number of amides is 3. The summed E-state index contributed by atoms with van der Waals surface area (Å²) in [5.74, 6) is -1.38. The van der Waals surface area contributed by atoms with Gasteiger partial charge >= 0.3 is 0 Å². The zero-order chi connectivity index (χ0) is 22.9. The second kappa shape index (κ2) is 11.8. The lowest BCUT2D eigenvalue weighted by Crippen LogP contribution is -2.40. The van der Waals surface area contributed by atoms with Gasteiger partial charge in [-0.1, -0.05) is 35.3 Å². The van der Waals surface area contributed by atoms with Crippen LogP contribution in [0.3, 0.4) is 0 Å². The zero-order valence-corrected chi connectivity index (χ0v) is 18.8. The minimum atomic E-state index is -0.511. The minimum Gasteiger partial charge on any atom is -0.379 e. The Kier molecular flexibility index (Phi) is 8.87. The van der Waals surface area contributed by atoms with E-state index in [1.165, 1.54) is 18.2 Å². The van der Waals surface area contributed by atoms with Crippen LogP contribution in [0.4, 0.5) is 5.69 Å². The number of nitrogens with one attached hydrogen (secondary N) is 3. The van der Waals surface area contributed by atoms with Crippen molar-refractivity contribution in [1.29, 1.82) is 0 Å². The van der Waals surface area contributed by atoms with Crippen LogP contribution in [-0.2, 0) is 20.9 Å². The fourth-order valence-electron chi connectivity index (χ4n) is 3.09. The lowest BCUT2D eigenvalue weighted by Gasteiger charge is -2.26. The summed E-state index contributed by atoms with van der Waals surface area (Å²) < 4.78 is 5.35. The van der Waals surface area contributed by atoms with Gasteiger partial charge in [0, 0.05) is 30.3 Å². The Balaban J connectivity index is 1.37. The van der Waals surface area contributed by atoms with Crippen LogP contribution in [0.2, 0.25) is 10.0 Å². The highest BCUT2D eigenvalue weighted by molar-refractivity contribution is 6.36. The maximum atomic E-state index is 12.1. The maximum absolute atomic E-state index is 12.1. The van der Waals surface area contributed by atoms with Crippen molar-refractivity contribution in [3.63, 3.8) is 0 Å². The van der Waals surface area contributed by atoms with Crippen molar-refractivity contribution in [3.8, 4) is 0 Å². The molecule has 3 rings (SSSR count). The number of halogens is 2. The lowest BCUT2D eigenvalue weighted by atomic mass is 10.2. The molecule has 1 aliphatic heterocycles. The zero-order valence-electron chi connectivity index (χ0n) is 17.3. The SMILES string of the molecule is O=C(CNC(=O)c1ccc(Cl)cc1Cl)NCC(=O)Nc1ccc(CN2CCOCC2)cc1. The summed E-state index contributed by atoms with van der Waals surface area (Å²) in [6, 6.07) is 12.0. The van der Waals surface area contributed by atoms with E-state index in [1.807, 2.05) is 24.3 Å². The number of rotatable bonds is 8. The molecule has 10 heteroatoms. The first-order valence-electron chi connectivity index (χ1n) is 10.1. The first-order chi connectivity index (χ1) is 15.4. The van der Waals surface area contributed by atoms with Gasteiger partial charge in [-0.15, -0.1) is 0 Å². The quantitative estimate of drug-likeness (QED) is 0.540. The van der Waals surface area contributed by atoms with Crippen LogP contribution in [0.5, 0.6) is 0 Å². The number of carbonyl (C=O) groups is 3. The Morgan fingerprint density at radius 2 is 1.59 bits per heavy atom. The summed E-state index contributed by atoms with van der Waals surface area (Å²) in [4.78, 5) is 38.4. The number of benzene rings is 2. The van der Waals surface area contributed by atoms with E-state index in [4.69, 9.17) is 27.9 Å². The largest absolute Gasteiger partial charge is 0.379 e. The van der Waals surface area contributed by atoms with Gasteiger partial charge in [-0.25, -0.2) is 0 Å². The second-order valence-electron chi connectivity index (χ2n) is 7.22. The molecule has 0 aromatic heterocycles. The van der Waals surface area contributed by atoms with Gasteiger partial charge in [0.25, 0.3) is 5.91 Å². The van der Waals surface area contributed by atoms with E-state index < -0.39 is 11.8 Å². The van der Waals surface area contributed by atoms with Crippen LogP contribution in [0.25, 0.3) is 0 Å². The van der Waals surface area contributed by atoms with Crippen LogP contribution < -0.4 is 16.0 Å². The van der Waals surface area contributed by atoms with Crippen LogP contribution in [0, 0.1) is 0 Å². The Labute approximate surface area is 196 Å². The lowest BCUT2D eigenvalue weighted by molar-refractivity contribution is -0.123. The van der Waals surface area contributed by atoms with Crippen molar-refractivity contribution in [1.82, 2.24) is 15.5 Å². The molecule has 1 aliphatic rings. The minimum absolute atomic E-state index is 0.186. The van der Waals surface area contributed by atoms with Gasteiger partial charge in [0.1, 0.15) is 0 Å². The van der Waals surface area contributed by atoms with Crippen molar-refractivity contribution in [3.05, 3.63) is 63.6 Å². The molecule has 0 spiro atoms. The molecule has 0 saturated carbocycles. The van der Waals surface area contributed by atoms with Gasteiger partial charge in [0.15, 0.2) is 0 Å². The Morgan fingerprint density at radius 1 is 0.906 bits per heavy atom. The third-order valence-corrected chi connectivity index (χ3v) is 5.33. The summed E-state index contributed by atoms with van der Waals surface area (Å²) in [6.45, 7) is 3.64. The molecule has 3 amide bonds. The fraction of sp³-hybridized carbons (Fsp3) is 0.318. The van der Waals surface area contributed by atoms with E-state index >= 15 is 0 Å². The molecular weight excluding hydrogens is 455 g/mol. The van der Waals surface area contributed by atoms with Crippen molar-refractivity contribution in [2.75, 3.05) is 44.7 Å². The van der Waals surface area contributed by atoms with E-state index in [0.29, 0.717) is 10.7 Å². The first kappa shape index (κ1) is 24.0. The summed E-state index contributed by atoms with van der Waals surface area (Å²) >= 11 is 11.8.